The van der Waals surface area contributed by atoms with Crippen LogP contribution in [0.4, 0.5) is 0 Å². The maximum Gasteiger partial charge on any atom is 0.242 e. The highest BCUT2D eigenvalue weighted by atomic mass is 16.5. The number of benzene rings is 1. The fourth-order valence-electron chi connectivity index (χ4n) is 2.54. The molecule has 6 nitrogen and oxygen atoms in total. The standard InChI is InChI=1S/C20H25N3O3/c1-4-19(24)23(14-16-8-10-18(26-3)11-9-16)15(2)20(25)22-13-17-7-5-6-12-21-17/h5-12,15H,4,13-14H2,1-3H3,(H,22,25)/t15-/m0/s1. The SMILES string of the molecule is CCC(=O)N(Cc1ccc(OC)cc1)[C@@H](C)C(=O)NCc1ccccn1. The summed E-state index contributed by atoms with van der Waals surface area (Å²) in [5.74, 6) is 0.482. The fourth-order valence-corrected chi connectivity index (χ4v) is 2.54. The Balaban J connectivity index is 2.04. The molecular weight excluding hydrogens is 330 g/mol. The van der Waals surface area contributed by atoms with Crippen molar-refractivity contribution < 1.29 is 14.3 Å². The molecule has 2 rings (SSSR count). The largest absolute Gasteiger partial charge is 0.497 e. The minimum atomic E-state index is -0.576. The van der Waals surface area contributed by atoms with Crippen LogP contribution in [0.2, 0.25) is 0 Å². The molecule has 0 bridgehead atoms. The molecule has 0 saturated heterocycles. The Hall–Kier alpha value is -2.89. The molecule has 1 heterocycles. The Kier molecular flexibility index (Phi) is 7.14. The van der Waals surface area contributed by atoms with Crippen LogP contribution in [0.3, 0.4) is 0 Å². The van der Waals surface area contributed by atoms with Crippen molar-refractivity contribution in [2.24, 2.45) is 0 Å². The van der Waals surface area contributed by atoms with Crippen LogP contribution < -0.4 is 10.1 Å². The summed E-state index contributed by atoms with van der Waals surface area (Å²) in [6.45, 7) is 4.24. The van der Waals surface area contributed by atoms with Crippen LogP contribution in [0.5, 0.6) is 5.75 Å². The minimum absolute atomic E-state index is 0.0682. The van der Waals surface area contributed by atoms with Crippen LogP contribution in [0.1, 0.15) is 31.5 Å². The van der Waals surface area contributed by atoms with Crippen molar-refractivity contribution in [2.75, 3.05) is 7.11 Å². The molecule has 1 aromatic carbocycles. The first-order valence-corrected chi connectivity index (χ1v) is 8.65. The van der Waals surface area contributed by atoms with Crippen molar-refractivity contribution in [3.8, 4) is 5.75 Å². The predicted molar refractivity (Wildman–Crippen MR) is 99.4 cm³/mol. The van der Waals surface area contributed by atoms with Crippen molar-refractivity contribution in [2.45, 2.75) is 39.4 Å². The highest BCUT2D eigenvalue weighted by Gasteiger charge is 2.25. The summed E-state index contributed by atoms with van der Waals surface area (Å²) < 4.78 is 5.15. The van der Waals surface area contributed by atoms with Crippen molar-refractivity contribution in [1.29, 1.82) is 0 Å². The molecule has 2 aromatic rings. The fraction of sp³-hybridized carbons (Fsp3) is 0.350. The van der Waals surface area contributed by atoms with Gasteiger partial charge >= 0.3 is 0 Å². The zero-order chi connectivity index (χ0) is 18.9. The molecule has 0 spiro atoms. The molecule has 1 atom stereocenters. The Bertz CT molecular complexity index is 717. The first kappa shape index (κ1) is 19.4. The van der Waals surface area contributed by atoms with E-state index in [-0.39, 0.29) is 11.8 Å². The van der Waals surface area contributed by atoms with Gasteiger partial charge in [-0.25, -0.2) is 0 Å². The molecule has 0 saturated carbocycles. The summed E-state index contributed by atoms with van der Waals surface area (Å²) >= 11 is 0. The molecule has 26 heavy (non-hydrogen) atoms. The van der Waals surface area contributed by atoms with Crippen molar-refractivity contribution in [3.05, 3.63) is 59.9 Å². The van der Waals surface area contributed by atoms with Gasteiger partial charge in [0, 0.05) is 19.2 Å². The normalized spacial score (nSPS) is 11.5. The van der Waals surface area contributed by atoms with Gasteiger partial charge in [-0.1, -0.05) is 25.1 Å². The van der Waals surface area contributed by atoms with E-state index in [0.29, 0.717) is 19.5 Å². The van der Waals surface area contributed by atoms with Crippen LogP contribution >= 0.6 is 0 Å². The zero-order valence-electron chi connectivity index (χ0n) is 15.4. The first-order valence-electron chi connectivity index (χ1n) is 8.65. The quantitative estimate of drug-likeness (QED) is 0.790. The van der Waals surface area contributed by atoms with Crippen LogP contribution in [-0.2, 0) is 22.7 Å². The molecule has 6 heteroatoms. The summed E-state index contributed by atoms with van der Waals surface area (Å²) in [4.78, 5) is 30.7. The number of nitrogens with one attached hydrogen (secondary N) is 1. The van der Waals surface area contributed by atoms with Gasteiger partial charge in [0.15, 0.2) is 0 Å². The number of carbonyl (C=O) groups excluding carboxylic acids is 2. The van der Waals surface area contributed by atoms with E-state index < -0.39 is 6.04 Å². The van der Waals surface area contributed by atoms with Crippen LogP contribution in [0, 0.1) is 0 Å². The van der Waals surface area contributed by atoms with Gasteiger partial charge in [0.2, 0.25) is 11.8 Å². The average Bonchev–Trinajstić information content (AvgIpc) is 2.70. The Morgan fingerprint density at radius 2 is 1.92 bits per heavy atom. The second kappa shape index (κ2) is 9.56. The molecule has 0 aliphatic carbocycles. The Morgan fingerprint density at radius 3 is 2.50 bits per heavy atom. The highest BCUT2D eigenvalue weighted by Crippen LogP contribution is 2.15. The van der Waals surface area contributed by atoms with E-state index in [1.165, 1.54) is 0 Å². The first-order chi connectivity index (χ1) is 12.5. The topological polar surface area (TPSA) is 71.5 Å². The number of aromatic nitrogens is 1. The summed E-state index contributed by atoms with van der Waals surface area (Å²) in [7, 11) is 1.61. The third kappa shape index (κ3) is 5.31. The number of hydrogen-bond acceptors (Lipinski definition) is 4. The van der Waals surface area contributed by atoms with Crippen LogP contribution in [0.15, 0.2) is 48.7 Å². The molecule has 0 unspecified atom stereocenters. The van der Waals surface area contributed by atoms with E-state index in [1.54, 1.807) is 32.1 Å². The maximum absolute atomic E-state index is 12.5. The lowest BCUT2D eigenvalue weighted by Crippen LogP contribution is -2.47. The van der Waals surface area contributed by atoms with Gasteiger partial charge in [-0.2, -0.15) is 0 Å². The number of ether oxygens (including phenoxy) is 1. The van der Waals surface area contributed by atoms with Gasteiger partial charge in [0.1, 0.15) is 11.8 Å². The van der Waals surface area contributed by atoms with E-state index in [0.717, 1.165) is 17.0 Å². The van der Waals surface area contributed by atoms with Gasteiger partial charge in [0.05, 0.1) is 19.3 Å². The lowest BCUT2D eigenvalue weighted by atomic mass is 10.1. The smallest absolute Gasteiger partial charge is 0.242 e. The van der Waals surface area contributed by atoms with Crippen LogP contribution in [-0.4, -0.2) is 34.8 Å². The van der Waals surface area contributed by atoms with Gasteiger partial charge in [-0.05, 0) is 36.8 Å². The van der Waals surface area contributed by atoms with Gasteiger partial charge in [-0.3, -0.25) is 14.6 Å². The third-order valence-electron chi connectivity index (χ3n) is 4.15. The maximum atomic E-state index is 12.5. The molecule has 2 amide bonds. The summed E-state index contributed by atoms with van der Waals surface area (Å²) in [5.41, 5.74) is 1.72. The number of nitrogens with zero attached hydrogens (tertiary/aromatic N) is 2. The molecule has 0 aliphatic heterocycles. The van der Waals surface area contributed by atoms with E-state index in [1.807, 2.05) is 42.5 Å². The summed E-state index contributed by atoms with van der Waals surface area (Å²) in [5, 5.41) is 2.85. The van der Waals surface area contributed by atoms with Crippen LogP contribution in [0.25, 0.3) is 0 Å². The molecule has 0 fully saturated rings. The number of amides is 2. The minimum Gasteiger partial charge on any atom is -0.497 e. The lowest BCUT2D eigenvalue weighted by molar-refractivity contribution is -0.140. The predicted octanol–water partition coefficient (Wildman–Crippen LogP) is 2.53. The lowest BCUT2D eigenvalue weighted by Gasteiger charge is -2.28. The van der Waals surface area contributed by atoms with Gasteiger partial charge in [-0.15, -0.1) is 0 Å². The van der Waals surface area contributed by atoms with Crippen molar-refractivity contribution in [1.82, 2.24) is 15.2 Å². The number of carbonyl (C=O) groups is 2. The number of hydrogen-bond donors (Lipinski definition) is 1. The second-order valence-corrected chi connectivity index (χ2v) is 5.94. The number of methoxy groups -OCH3 is 1. The monoisotopic (exact) mass is 355 g/mol. The van der Waals surface area contributed by atoms with E-state index in [4.69, 9.17) is 4.74 Å². The molecule has 1 aromatic heterocycles. The summed E-state index contributed by atoms with van der Waals surface area (Å²) in [6.07, 6.45) is 2.02. The second-order valence-electron chi connectivity index (χ2n) is 5.94. The van der Waals surface area contributed by atoms with Gasteiger partial charge < -0.3 is 15.0 Å². The van der Waals surface area contributed by atoms with Crippen molar-refractivity contribution in [3.63, 3.8) is 0 Å². The molecule has 0 aliphatic rings. The number of pyridine rings is 1. The van der Waals surface area contributed by atoms with Crippen molar-refractivity contribution >= 4 is 11.8 Å². The zero-order valence-corrected chi connectivity index (χ0v) is 15.4. The Morgan fingerprint density at radius 1 is 1.19 bits per heavy atom. The van der Waals surface area contributed by atoms with E-state index in [9.17, 15) is 9.59 Å². The summed E-state index contributed by atoms with van der Waals surface area (Å²) in [6, 6.07) is 12.4. The van der Waals surface area contributed by atoms with Gasteiger partial charge in [0.25, 0.3) is 0 Å². The highest BCUT2D eigenvalue weighted by molar-refractivity contribution is 5.87. The number of rotatable bonds is 8. The van der Waals surface area contributed by atoms with E-state index in [2.05, 4.69) is 10.3 Å². The molecular formula is C20H25N3O3. The average molecular weight is 355 g/mol. The molecule has 1 N–H and O–H groups in total. The molecule has 138 valence electrons. The Labute approximate surface area is 154 Å². The molecule has 0 radical (unpaired) electrons. The van der Waals surface area contributed by atoms with E-state index >= 15 is 0 Å². The third-order valence-corrected chi connectivity index (χ3v) is 4.15.